The van der Waals surface area contributed by atoms with E-state index in [1.807, 2.05) is 29.2 Å². The Labute approximate surface area is 138 Å². The number of fused-ring (bicyclic) bond motifs is 1. The fourth-order valence-electron chi connectivity index (χ4n) is 3.17. The lowest BCUT2D eigenvalue weighted by atomic mass is 10.0. The highest BCUT2D eigenvalue weighted by atomic mass is 16.2. The molecule has 23 heavy (non-hydrogen) atoms. The average molecular weight is 308 g/mol. The molecule has 0 N–H and O–H groups in total. The summed E-state index contributed by atoms with van der Waals surface area (Å²) in [6.07, 6.45) is 4.84. The molecule has 0 bridgehead atoms. The number of hydrogen-bond acceptors (Lipinski definition) is 2. The van der Waals surface area contributed by atoms with Crippen LogP contribution in [-0.4, -0.2) is 48.4 Å². The van der Waals surface area contributed by atoms with Crippen LogP contribution in [-0.2, 0) is 4.79 Å². The molecule has 0 saturated carbocycles. The summed E-state index contributed by atoms with van der Waals surface area (Å²) in [4.78, 5) is 16.8. The van der Waals surface area contributed by atoms with Crippen LogP contribution in [0.5, 0.6) is 0 Å². The lowest BCUT2D eigenvalue weighted by molar-refractivity contribution is -0.127. The van der Waals surface area contributed by atoms with Gasteiger partial charge in [-0.3, -0.25) is 9.69 Å². The maximum Gasteiger partial charge on any atom is 0.246 e. The number of amides is 1. The number of hydrogen-bond donors (Lipinski definition) is 0. The SMILES string of the molecule is CCCN1CCN(C(=O)C=Cc2cccc3ccccc23)CC1. The Hall–Kier alpha value is -2.13. The van der Waals surface area contributed by atoms with Gasteiger partial charge in [0.05, 0.1) is 0 Å². The van der Waals surface area contributed by atoms with E-state index in [1.54, 1.807) is 6.08 Å². The van der Waals surface area contributed by atoms with Gasteiger partial charge in [0, 0.05) is 32.3 Å². The van der Waals surface area contributed by atoms with E-state index in [1.165, 1.54) is 17.2 Å². The first-order valence-corrected chi connectivity index (χ1v) is 8.45. The number of carbonyl (C=O) groups excluding carboxylic acids is 1. The van der Waals surface area contributed by atoms with Crippen molar-refractivity contribution in [2.75, 3.05) is 32.7 Å². The summed E-state index contributed by atoms with van der Waals surface area (Å²) < 4.78 is 0. The highest BCUT2D eigenvalue weighted by Gasteiger charge is 2.18. The molecule has 1 fully saturated rings. The predicted octanol–water partition coefficient (Wildman–Crippen LogP) is 3.41. The van der Waals surface area contributed by atoms with Gasteiger partial charge in [-0.05, 0) is 35.4 Å². The molecule has 1 aliphatic heterocycles. The van der Waals surface area contributed by atoms with Crippen LogP contribution in [0.1, 0.15) is 18.9 Å². The van der Waals surface area contributed by atoms with Crippen molar-refractivity contribution in [1.82, 2.24) is 9.80 Å². The standard InChI is InChI=1S/C20H24N2O/c1-2-12-21-13-15-22(16-14-21)20(23)11-10-18-8-5-7-17-6-3-4-9-19(17)18/h3-11H,2,12-16H2,1H3. The van der Waals surface area contributed by atoms with Crippen molar-refractivity contribution < 1.29 is 4.79 Å². The molecular formula is C20H24N2O. The fourth-order valence-corrected chi connectivity index (χ4v) is 3.17. The van der Waals surface area contributed by atoms with Gasteiger partial charge in [0.1, 0.15) is 0 Å². The Balaban J connectivity index is 1.67. The molecule has 0 spiro atoms. The van der Waals surface area contributed by atoms with Gasteiger partial charge in [-0.15, -0.1) is 0 Å². The third-order valence-electron chi connectivity index (χ3n) is 4.45. The Morgan fingerprint density at radius 2 is 1.78 bits per heavy atom. The van der Waals surface area contributed by atoms with Crippen LogP contribution in [0.15, 0.2) is 48.5 Å². The van der Waals surface area contributed by atoms with E-state index in [-0.39, 0.29) is 5.91 Å². The molecule has 0 unspecified atom stereocenters. The summed E-state index contributed by atoms with van der Waals surface area (Å²) in [7, 11) is 0. The molecule has 3 rings (SSSR count). The summed E-state index contributed by atoms with van der Waals surface area (Å²) in [6, 6.07) is 14.5. The van der Waals surface area contributed by atoms with E-state index in [9.17, 15) is 4.79 Å². The maximum atomic E-state index is 12.4. The van der Waals surface area contributed by atoms with Gasteiger partial charge in [-0.1, -0.05) is 49.4 Å². The van der Waals surface area contributed by atoms with Crippen molar-refractivity contribution >= 4 is 22.8 Å². The van der Waals surface area contributed by atoms with Gasteiger partial charge in [0.15, 0.2) is 0 Å². The second-order valence-electron chi connectivity index (χ2n) is 6.07. The minimum atomic E-state index is 0.120. The van der Waals surface area contributed by atoms with Crippen molar-refractivity contribution in [3.8, 4) is 0 Å². The highest BCUT2D eigenvalue weighted by molar-refractivity contribution is 5.96. The van der Waals surface area contributed by atoms with E-state index in [0.29, 0.717) is 0 Å². The second-order valence-corrected chi connectivity index (χ2v) is 6.07. The normalized spacial score (nSPS) is 16.3. The summed E-state index contributed by atoms with van der Waals surface area (Å²) in [6.45, 7) is 6.97. The van der Waals surface area contributed by atoms with Crippen LogP contribution in [0, 0.1) is 0 Å². The molecule has 3 nitrogen and oxygen atoms in total. The predicted molar refractivity (Wildman–Crippen MR) is 96.3 cm³/mol. The van der Waals surface area contributed by atoms with Crippen molar-refractivity contribution in [3.05, 3.63) is 54.1 Å². The van der Waals surface area contributed by atoms with Crippen molar-refractivity contribution in [1.29, 1.82) is 0 Å². The highest BCUT2D eigenvalue weighted by Crippen LogP contribution is 2.19. The van der Waals surface area contributed by atoms with Gasteiger partial charge in [-0.25, -0.2) is 0 Å². The van der Waals surface area contributed by atoms with Crippen molar-refractivity contribution in [3.63, 3.8) is 0 Å². The molecule has 0 radical (unpaired) electrons. The summed E-state index contributed by atoms with van der Waals surface area (Å²) >= 11 is 0. The number of nitrogens with zero attached hydrogens (tertiary/aromatic N) is 2. The zero-order chi connectivity index (χ0) is 16.1. The van der Waals surface area contributed by atoms with Gasteiger partial charge in [0.2, 0.25) is 5.91 Å². The van der Waals surface area contributed by atoms with E-state index in [0.717, 1.165) is 38.3 Å². The van der Waals surface area contributed by atoms with Crippen LogP contribution in [0.2, 0.25) is 0 Å². The molecule has 1 aliphatic rings. The fraction of sp³-hybridized carbons (Fsp3) is 0.350. The summed E-state index contributed by atoms with van der Waals surface area (Å²) in [5.41, 5.74) is 1.10. The first-order chi connectivity index (χ1) is 11.3. The molecule has 2 aromatic rings. The number of piperazine rings is 1. The van der Waals surface area contributed by atoms with Crippen LogP contribution in [0.25, 0.3) is 16.8 Å². The first kappa shape index (κ1) is 15.8. The molecule has 0 aliphatic carbocycles. The lowest BCUT2D eigenvalue weighted by Crippen LogP contribution is -2.48. The van der Waals surface area contributed by atoms with Crippen molar-refractivity contribution in [2.24, 2.45) is 0 Å². The quantitative estimate of drug-likeness (QED) is 0.808. The van der Waals surface area contributed by atoms with E-state index >= 15 is 0 Å². The molecule has 3 heteroatoms. The zero-order valence-corrected chi connectivity index (χ0v) is 13.7. The van der Waals surface area contributed by atoms with Gasteiger partial charge >= 0.3 is 0 Å². The third kappa shape index (κ3) is 3.80. The lowest BCUT2D eigenvalue weighted by Gasteiger charge is -2.34. The van der Waals surface area contributed by atoms with E-state index in [2.05, 4.69) is 36.1 Å². The number of benzene rings is 2. The second kappa shape index (κ2) is 7.42. The largest absolute Gasteiger partial charge is 0.337 e. The van der Waals surface area contributed by atoms with Crippen molar-refractivity contribution in [2.45, 2.75) is 13.3 Å². The summed E-state index contributed by atoms with van der Waals surface area (Å²) in [5.74, 6) is 0.120. The Morgan fingerprint density at radius 3 is 2.57 bits per heavy atom. The zero-order valence-electron chi connectivity index (χ0n) is 13.7. The monoisotopic (exact) mass is 308 g/mol. The topological polar surface area (TPSA) is 23.6 Å². The average Bonchev–Trinajstić information content (AvgIpc) is 2.60. The summed E-state index contributed by atoms with van der Waals surface area (Å²) in [5, 5.41) is 2.39. The number of rotatable bonds is 4. The van der Waals surface area contributed by atoms with Gasteiger partial charge in [0.25, 0.3) is 0 Å². The van der Waals surface area contributed by atoms with Crippen LogP contribution in [0.4, 0.5) is 0 Å². The Morgan fingerprint density at radius 1 is 1.04 bits per heavy atom. The molecule has 1 amide bonds. The smallest absolute Gasteiger partial charge is 0.246 e. The van der Waals surface area contributed by atoms with Crippen LogP contribution >= 0.6 is 0 Å². The van der Waals surface area contributed by atoms with E-state index < -0.39 is 0 Å². The Kier molecular flexibility index (Phi) is 5.09. The Bertz CT molecular complexity index is 694. The minimum absolute atomic E-state index is 0.120. The maximum absolute atomic E-state index is 12.4. The minimum Gasteiger partial charge on any atom is -0.337 e. The van der Waals surface area contributed by atoms with Crippen LogP contribution in [0.3, 0.4) is 0 Å². The van der Waals surface area contributed by atoms with Gasteiger partial charge < -0.3 is 4.90 Å². The molecule has 1 saturated heterocycles. The van der Waals surface area contributed by atoms with Gasteiger partial charge in [-0.2, -0.15) is 0 Å². The molecule has 0 aromatic heterocycles. The molecule has 0 atom stereocenters. The molecule has 1 heterocycles. The van der Waals surface area contributed by atoms with Crippen LogP contribution < -0.4 is 0 Å². The molecular weight excluding hydrogens is 284 g/mol. The number of carbonyl (C=O) groups is 1. The van der Waals surface area contributed by atoms with E-state index in [4.69, 9.17) is 0 Å². The molecule has 120 valence electrons. The first-order valence-electron chi connectivity index (χ1n) is 8.45. The third-order valence-corrected chi connectivity index (χ3v) is 4.45. The molecule has 2 aromatic carbocycles.